The maximum Gasteiger partial charge on any atom is 0.355 e. The van der Waals surface area contributed by atoms with Crippen LogP contribution in [0.1, 0.15) is 33.4 Å². The van der Waals surface area contributed by atoms with Crippen LogP contribution in [0.4, 0.5) is 10.2 Å². The van der Waals surface area contributed by atoms with Gasteiger partial charge in [0.25, 0.3) is 0 Å². The van der Waals surface area contributed by atoms with E-state index in [9.17, 15) is 9.59 Å². The number of hydrogen-bond acceptors (Lipinski definition) is 6. The van der Waals surface area contributed by atoms with E-state index in [1.807, 2.05) is 32.6 Å². The summed E-state index contributed by atoms with van der Waals surface area (Å²) in [5, 5.41) is 0.772. The van der Waals surface area contributed by atoms with E-state index in [2.05, 4.69) is 16.5 Å². The molecule has 1 aromatic carbocycles. The average Bonchev–Trinajstić information content (AvgIpc) is 2.92. The molecular formula is C30H29Cl2FN6O2. The first-order valence-electron chi connectivity index (χ1n) is 13.1. The number of amides is 1. The first-order valence-corrected chi connectivity index (χ1v) is 13.9. The van der Waals surface area contributed by atoms with Crippen LogP contribution in [0.2, 0.25) is 10.0 Å². The summed E-state index contributed by atoms with van der Waals surface area (Å²) in [5.41, 5.74) is 0.521. The molecule has 41 heavy (non-hydrogen) atoms. The third kappa shape index (κ3) is 5.20. The predicted octanol–water partition coefficient (Wildman–Crippen LogP) is 5.81. The lowest BCUT2D eigenvalue weighted by Gasteiger charge is -2.40. The van der Waals surface area contributed by atoms with Gasteiger partial charge in [0.05, 0.1) is 38.1 Å². The van der Waals surface area contributed by atoms with Crippen LogP contribution in [-0.2, 0) is 10.2 Å². The van der Waals surface area contributed by atoms with Crippen molar-refractivity contribution < 1.29 is 9.18 Å². The molecule has 0 bridgehead atoms. The van der Waals surface area contributed by atoms with Crippen molar-refractivity contribution in [3.63, 3.8) is 0 Å². The molecule has 0 saturated carbocycles. The number of anilines is 1. The summed E-state index contributed by atoms with van der Waals surface area (Å²) in [6, 6.07) is 9.31. The van der Waals surface area contributed by atoms with E-state index >= 15 is 4.39 Å². The van der Waals surface area contributed by atoms with Gasteiger partial charge in [0.1, 0.15) is 11.6 Å². The number of rotatable bonds is 4. The topological polar surface area (TPSA) is 84.2 Å². The lowest BCUT2D eigenvalue weighted by Crippen LogP contribution is -2.54. The fourth-order valence-corrected chi connectivity index (χ4v) is 5.70. The van der Waals surface area contributed by atoms with Crippen molar-refractivity contribution in [3.05, 3.63) is 87.3 Å². The molecule has 1 aliphatic rings. The van der Waals surface area contributed by atoms with Crippen LogP contribution < -0.4 is 10.6 Å². The number of nitrogens with zero attached hydrogens (tertiary/aromatic N) is 6. The van der Waals surface area contributed by atoms with Gasteiger partial charge < -0.3 is 9.80 Å². The fourth-order valence-electron chi connectivity index (χ4n) is 5.20. The van der Waals surface area contributed by atoms with Gasteiger partial charge in [0.2, 0.25) is 5.91 Å². The standard InChI is InChI=1S/C30H29Cl2FN6O2/c1-6-23(40)37-13-14-38(17(2)16-37)27-18-15-20(32)25(24-19(31)9-7-10-21(24)33)35-28(18)39(29(41)36-27)22-11-8-12-34-26(22)30(3,4)5/h6-12,15,17H,1,13-14,16H2,2-5H3/t17-/m0/s1. The van der Waals surface area contributed by atoms with Gasteiger partial charge in [-0.05, 0) is 43.3 Å². The van der Waals surface area contributed by atoms with Crippen molar-refractivity contribution in [2.24, 2.45) is 0 Å². The number of carbonyl (C=O) groups is 1. The van der Waals surface area contributed by atoms with Gasteiger partial charge in [0.15, 0.2) is 5.65 Å². The zero-order valence-electron chi connectivity index (χ0n) is 23.2. The summed E-state index contributed by atoms with van der Waals surface area (Å²) in [6.07, 6.45) is 2.95. The molecule has 0 unspecified atom stereocenters. The molecule has 1 amide bonds. The minimum Gasteiger partial charge on any atom is -0.350 e. The summed E-state index contributed by atoms with van der Waals surface area (Å²) in [7, 11) is 0. The zero-order chi connectivity index (χ0) is 29.6. The van der Waals surface area contributed by atoms with Crippen LogP contribution in [0, 0.1) is 5.82 Å². The van der Waals surface area contributed by atoms with Crippen molar-refractivity contribution in [3.8, 4) is 16.9 Å². The Hall–Kier alpha value is -3.82. The van der Waals surface area contributed by atoms with Gasteiger partial charge in [-0.15, -0.1) is 0 Å². The van der Waals surface area contributed by atoms with E-state index in [4.69, 9.17) is 28.2 Å². The van der Waals surface area contributed by atoms with Crippen LogP contribution in [-0.4, -0.2) is 56.0 Å². The van der Waals surface area contributed by atoms with Gasteiger partial charge in [-0.3, -0.25) is 9.78 Å². The highest BCUT2D eigenvalue weighted by Crippen LogP contribution is 2.38. The summed E-state index contributed by atoms with van der Waals surface area (Å²) < 4.78 is 16.5. The number of carbonyl (C=O) groups excluding carboxylic acids is 1. The molecule has 1 saturated heterocycles. The summed E-state index contributed by atoms with van der Waals surface area (Å²) in [5.74, 6) is -0.379. The number of aromatic nitrogens is 4. The number of hydrogen-bond donors (Lipinski definition) is 0. The normalized spacial score (nSPS) is 15.8. The van der Waals surface area contributed by atoms with E-state index in [-0.39, 0.29) is 38.9 Å². The summed E-state index contributed by atoms with van der Waals surface area (Å²) >= 11 is 13.2. The number of halogens is 3. The molecule has 4 aromatic rings. The van der Waals surface area contributed by atoms with Crippen LogP contribution in [0.5, 0.6) is 0 Å². The molecule has 0 radical (unpaired) electrons. The van der Waals surface area contributed by atoms with Crippen molar-refractivity contribution in [1.29, 1.82) is 0 Å². The SMILES string of the molecule is C=CC(=O)N1CCN(c2nc(=O)n(-c3cccnc3C(C)(C)C)c3nc(-c4c(F)cccc4Cl)c(Cl)cc23)[C@@H](C)C1. The van der Waals surface area contributed by atoms with Crippen LogP contribution in [0.25, 0.3) is 28.0 Å². The molecule has 0 aliphatic carbocycles. The molecule has 4 heterocycles. The average molecular weight is 596 g/mol. The van der Waals surface area contributed by atoms with E-state index in [0.29, 0.717) is 42.2 Å². The molecule has 5 rings (SSSR count). The Balaban J connectivity index is 1.82. The van der Waals surface area contributed by atoms with Crippen LogP contribution in [0.3, 0.4) is 0 Å². The monoisotopic (exact) mass is 594 g/mol. The fraction of sp³-hybridized carbons (Fsp3) is 0.300. The summed E-state index contributed by atoms with van der Waals surface area (Å²) in [4.78, 5) is 43.7. The Bertz CT molecular complexity index is 1730. The molecule has 11 heteroatoms. The van der Waals surface area contributed by atoms with E-state index in [1.54, 1.807) is 35.4 Å². The molecule has 1 atom stereocenters. The Morgan fingerprint density at radius 1 is 1.12 bits per heavy atom. The Kier molecular flexibility index (Phi) is 7.61. The smallest absolute Gasteiger partial charge is 0.350 e. The van der Waals surface area contributed by atoms with Gasteiger partial charge >= 0.3 is 5.69 Å². The third-order valence-corrected chi connectivity index (χ3v) is 7.73. The van der Waals surface area contributed by atoms with Gasteiger partial charge in [-0.25, -0.2) is 18.7 Å². The van der Waals surface area contributed by atoms with Crippen molar-refractivity contribution in [1.82, 2.24) is 24.4 Å². The van der Waals surface area contributed by atoms with Crippen molar-refractivity contribution in [2.75, 3.05) is 24.5 Å². The number of pyridine rings is 2. The van der Waals surface area contributed by atoms with Crippen molar-refractivity contribution >= 4 is 46.0 Å². The lowest BCUT2D eigenvalue weighted by atomic mass is 9.90. The molecule has 3 aromatic heterocycles. The van der Waals surface area contributed by atoms with Gasteiger partial charge in [0, 0.05) is 37.3 Å². The van der Waals surface area contributed by atoms with Crippen molar-refractivity contribution in [2.45, 2.75) is 39.2 Å². The highest BCUT2D eigenvalue weighted by molar-refractivity contribution is 6.36. The molecule has 212 valence electrons. The molecule has 1 fully saturated rings. The molecule has 0 N–H and O–H groups in total. The molecule has 1 aliphatic heterocycles. The Morgan fingerprint density at radius 3 is 2.54 bits per heavy atom. The second-order valence-electron chi connectivity index (χ2n) is 11.0. The minimum absolute atomic E-state index is 0.0329. The highest BCUT2D eigenvalue weighted by atomic mass is 35.5. The second kappa shape index (κ2) is 10.9. The Labute approximate surface area is 247 Å². The maximum atomic E-state index is 15.1. The van der Waals surface area contributed by atoms with Gasteiger partial charge in [-0.2, -0.15) is 4.98 Å². The predicted molar refractivity (Wildman–Crippen MR) is 161 cm³/mol. The van der Waals surface area contributed by atoms with E-state index in [0.717, 1.165) is 0 Å². The molecule has 0 spiro atoms. The second-order valence-corrected chi connectivity index (χ2v) is 11.8. The summed E-state index contributed by atoms with van der Waals surface area (Å²) in [6.45, 7) is 12.8. The van der Waals surface area contributed by atoms with Gasteiger partial charge in [-0.1, -0.05) is 56.6 Å². The molecule has 8 nitrogen and oxygen atoms in total. The largest absolute Gasteiger partial charge is 0.355 e. The number of fused-ring (bicyclic) bond motifs is 1. The lowest BCUT2D eigenvalue weighted by molar-refractivity contribution is -0.126. The van der Waals surface area contributed by atoms with Crippen LogP contribution >= 0.6 is 23.2 Å². The molecular weight excluding hydrogens is 566 g/mol. The van der Waals surface area contributed by atoms with Crippen LogP contribution in [0.15, 0.2) is 60.0 Å². The first kappa shape index (κ1) is 28.7. The van der Waals surface area contributed by atoms with E-state index < -0.39 is 16.9 Å². The minimum atomic E-state index is -0.595. The highest BCUT2D eigenvalue weighted by Gasteiger charge is 2.31. The first-order chi connectivity index (χ1) is 19.4. The maximum absolute atomic E-state index is 15.1. The third-order valence-electron chi connectivity index (χ3n) is 7.12. The Morgan fingerprint density at radius 2 is 1.88 bits per heavy atom. The number of benzene rings is 1. The zero-order valence-corrected chi connectivity index (χ0v) is 24.7. The quantitative estimate of drug-likeness (QED) is 0.277. The van der Waals surface area contributed by atoms with E-state index in [1.165, 1.54) is 22.8 Å². The number of piperazine rings is 1.